The molecule has 192 valence electrons. The van der Waals surface area contributed by atoms with Gasteiger partial charge in [-0.25, -0.2) is 0 Å². The molecule has 1 fully saturated rings. The second kappa shape index (κ2) is 13.7. The van der Waals surface area contributed by atoms with E-state index < -0.39 is 0 Å². The van der Waals surface area contributed by atoms with Crippen molar-refractivity contribution in [2.24, 2.45) is 5.73 Å². The Balaban J connectivity index is 0.00000228. The largest absolute Gasteiger partial charge is 0.508 e. The fourth-order valence-corrected chi connectivity index (χ4v) is 4.35. The third-order valence-electron chi connectivity index (χ3n) is 6.15. The first-order valence-corrected chi connectivity index (χ1v) is 11.6. The summed E-state index contributed by atoms with van der Waals surface area (Å²) < 4.78 is 0. The van der Waals surface area contributed by atoms with Gasteiger partial charge in [0.05, 0.1) is 6.54 Å². The SMILES string of the molecule is Cl.Cl.N=C(N)c1cccc(N(CC(=O)Nc2ccc(C3CCNCC3)cc2)Cc2cccc(O)c2)c1. The van der Waals surface area contributed by atoms with E-state index in [1.165, 1.54) is 5.56 Å². The van der Waals surface area contributed by atoms with E-state index >= 15 is 0 Å². The van der Waals surface area contributed by atoms with Crippen LogP contribution in [0.5, 0.6) is 5.75 Å². The van der Waals surface area contributed by atoms with Gasteiger partial charge >= 0.3 is 0 Å². The Labute approximate surface area is 224 Å². The first kappa shape index (κ1) is 29.0. The molecule has 9 heteroatoms. The summed E-state index contributed by atoms with van der Waals surface area (Å²) in [6.07, 6.45) is 2.27. The molecule has 36 heavy (non-hydrogen) atoms. The number of rotatable bonds is 8. The van der Waals surface area contributed by atoms with E-state index in [1.807, 2.05) is 35.2 Å². The second-order valence-corrected chi connectivity index (χ2v) is 8.68. The first-order valence-electron chi connectivity index (χ1n) is 11.6. The van der Waals surface area contributed by atoms with E-state index in [2.05, 4.69) is 22.8 Å². The van der Waals surface area contributed by atoms with Crippen LogP contribution < -0.4 is 21.3 Å². The molecule has 0 unspecified atom stereocenters. The van der Waals surface area contributed by atoms with Gasteiger partial charge in [0, 0.05) is 23.5 Å². The maximum atomic E-state index is 13.0. The van der Waals surface area contributed by atoms with Crippen LogP contribution in [0.2, 0.25) is 0 Å². The Hall–Kier alpha value is -3.26. The molecule has 1 amide bonds. The minimum absolute atomic E-state index is 0. The van der Waals surface area contributed by atoms with Crippen molar-refractivity contribution in [2.75, 3.05) is 29.9 Å². The molecule has 1 heterocycles. The fraction of sp³-hybridized carbons (Fsp3) is 0.259. The van der Waals surface area contributed by atoms with Gasteiger partial charge in [0.25, 0.3) is 0 Å². The van der Waals surface area contributed by atoms with E-state index in [0.29, 0.717) is 18.0 Å². The maximum Gasteiger partial charge on any atom is 0.243 e. The van der Waals surface area contributed by atoms with Gasteiger partial charge in [0.15, 0.2) is 0 Å². The summed E-state index contributed by atoms with van der Waals surface area (Å²) in [7, 11) is 0. The van der Waals surface area contributed by atoms with E-state index in [-0.39, 0.29) is 48.9 Å². The van der Waals surface area contributed by atoms with Crippen molar-refractivity contribution < 1.29 is 9.90 Å². The standard InChI is InChI=1S/C27H31N5O2.2ClH/c28-27(29)22-4-2-5-24(16-22)32(17-19-3-1-6-25(33)15-19)18-26(34)31-23-9-7-20(8-10-23)21-11-13-30-14-12-21;;/h1-10,15-16,21,30,33H,11-14,17-18H2,(H3,28,29)(H,31,34);2*1H. The average Bonchev–Trinajstić information content (AvgIpc) is 2.85. The van der Waals surface area contributed by atoms with Crippen molar-refractivity contribution in [3.63, 3.8) is 0 Å². The van der Waals surface area contributed by atoms with Crippen molar-refractivity contribution in [3.05, 3.63) is 89.5 Å². The van der Waals surface area contributed by atoms with Crippen LogP contribution in [-0.4, -0.2) is 36.5 Å². The smallest absolute Gasteiger partial charge is 0.243 e. The Morgan fingerprint density at radius 2 is 1.72 bits per heavy atom. The number of halogens is 2. The van der Waals surface area contributed by atoms with Gasteiger partial charge in [-0.15, -0.1) is 24.8 Å². The average molecular weight is 531 g/mol. The van der Waals surface area contributed by atoms with Crippen LogP contribution in [0.3, 0.4) is 0 Å². The predicted molar refractivity (Wildman–Crippen MR) is 151 cm³/mol. The number of amidine groups is 1. The third-order valence-corrected chi connectivity index (χ3v) is 6.15. The van der Waals surface area contributed by atoms with Crippen molar-refractivity contribution in [1.82, 2.24) is 5.32 Å². The van der Waals surface area contributed by atoms with Crippen molar-refractivity contribution >= 4 is 47.9 Å². The van der Waals surface area contributed by atoms with Crippen LogP contribution in [0, 0.1) is 5.41 Å². The number of nitrogens with zero attached hydrogens (tertiary/aromatic N) is 1. The highest BCUT2D eigenvalue weighted by Gasteiger charge is 2.16. The topological polar surface area (TPSA) is 114 Å². The summed E-state index contributed by atoms with van der Waals surface area (Å²) in [6, 6.07) is 22.4. The molecule has 1 aliphatic rings. The number of aromatic hydroxyl groups is 1. The van der Waals surface area contributed by atoms with Crippen molar-refractivity contribution in [3.8, 4) is 5.75 Å². The predicted octanol–water partition coefficient (Wildman–Crippen LogP) is 4.63. The number of phenolic OH excluding ortho intramolecular Hbond substituents is 1. The highest BCUT2D eigenvalue weighted by atomic mass is 35.5. The van der Waals surface area contributed by atoms with Gasteiger partial charge in [-0.1, -0.05) is 36.4 Å². The van der Waals surface area contributed by atoms with Gasteiger partial charge in [-0.2, -0.15) is 0 Å². The monoisotopic (exact) mass is 529 g/mol. The number of anilines is 2. The lowest BCUT2D eigenvalue weighted by molar-refractivity contribution is -0.115. The molecule has 0 spiro atoms. The van der Waals surface area contributed by atoms with Crippen molar-refractivity contribution in [2.45, 2.75) is 25.3 Å². The molecule has 0 aliphatic carbocycles. The molecule has 1 saturated heterocycles. The van der Waals surface area contributed by atoms with E-state index in [0.717, 1.165) is 42.9 Å². The van der Waals surface area contributed by atoms with Crippen LogP contribution in [0.1, 0.15) is 35.4 Å². The molecule has 3 aromatic carbocycles. The van der Waals surface area contributed by atoms with Crippen LogP contribution in [-0.2, 0) is 11.3 Å². The number of amides is 1. The number of benzene rings is 3. The Morgan fingerprint density at radius 3 is 2.39 bits per heavy atom. The highest BCUT2D eigenvalue weighted by molar-refractivity contribution is 5.97. The maximum absolute atomic E-state index is 13.0. The number of hydrogen-bond donors (Lipinski definition) is 5. The number of carbonyl (C=O) groups excluding carboxylic acids is 1. The minimum atomic E-state index is -0.150. The molecular formula is C27H33Cl2N5O2. The highest BCUT2D eigenvalue weighted by Crippen LogP contribution is 2.26. The van der Waals surface area contributed by atoms with Gasteiger partial charge in [0.1, 0.15) is 11.6 Å². The summed E-state index contributed by atoms with van der Waals surface area (Å²) in [6.45, 7) is 2.61. The van der Waals surface area contributed by atoms with Gasteiger partial charge < -0.3 is 26.4 Å². The van der Waals surface area contributed by atoms with Crippen LogP contribution in [0.4, 0.5) is 11.4 Å². The van der Waals surface area contributed by atoms with Gasteiger partial charge in [0.2, 0.25) is 5.91 Å². The Morgan fingerprint density at radius 1 is 1.03 bits per heavy atom. The first-order chi connectivity index (χ1) is 16.5. The molecular weight excluding hydrogens is 497 g/mol. The number of hydrogen-bond acceptors (Lipinski definition) is 5. The van der Waals surface area contributed by atoms with E-state index in [1.54, 1.807) is 30.3 Å². The molecule has 6 N–H and O–H groups in total. The molecule has 4 rings (SSSR count). The minimum Gasteiger partial charge on any atom is -0.508 e. The summed E-state index contributed by atoms with van der Waals surface area (Å²) in [5.41, 5.74) is 9.98. The van der Waals surface area contributed by atoms with Gasteiger partial charge in [-0.3, -0.25) is 10.2 Å². The molecule has 0 bridgehead atoms. The van der Waals surface area contributed by atoms with E-state index in [9.17, 15) is 9.90 Å². The Kier molecular flexibility index (Phi) is 11.0. The number of piperidine rings is 1. The van der Waals surface area contributed by atoms with E-state index in [4.69, 9.17) is 11.1 Å². The van der Waals surface area contributed by atoms with Crippen LogP contribution in [0.25, 0.3) is 0 Å². The molecule has 1 aliphatic heterocycles. The molecule has 7 nitrogen and oxygen atoms in total. The van der Waals surface area contributed by atoms with Crippen molar-refractivity contribution in [1.29, 1.82) is 5.41 Å². The molecule has 0 atom stereocenters. The molecule has 3 aromatic rings. The summed E-state index contributed by atoms with van der Waals surface area (Å²) in [5.74, 6) is 0.561. The van der Waals surface area contributed by atoms with Gasteiger partial charge in [-0.05, 0) is 79.4 Å². The number of carbonyl (C=O) groups is 1. The lowest BCUT2D eigenvalue weighted by Crippen LogP contribution is -2.33. The summed E-state index contributed by atoms with van der Waals surface area (Å²) in [5, 5.41) is 24.0. The summed E-state index contributed by atoms with van der Waals surface area (Å²) >= 11 is 0. The summed E-state index contributed by atoms with van der Waals surface area (Å²) in [4.78, 5) is 14.9. The zero-order valence-electron chi connectivity index (χ0n) is 19.9. The fourth-order valence-electron chi connectivity index (χ4n) is 4.35. The second-order valence-electron chi connectivity index (χ2n) is 8.68. The van der Waals surface area contributed by atoms with Crippen LogP contribution >= 0.6 is 24.8 Å². The third kappa shape index (κ3) is 7.88. The number of phenols is 1. The number of nitrogens with one attached hydrogen (secondary N) is 3. The zero-order chi connectivity index (χ0) is 23.9. The zero-order valence-corrected chi connectivity index (χ0v) is 21.6. The Bertz CT molecular complexity index is 1150. The lowest BCUT2D eigenvalue weighted by atomic mass is 9.90. The van der Waals surface area contributed by atoms with Crippen LogP contribution in [0.15, 0.2) is 72.8 Å². The quantitative estimate of drug-likeness (QED) is 0.215. The normalized spacial score (nSPS) is 13.1. The molecule has 0 radical (unpaired) electrons. The lowest BCUT2D eigenvalue weighted by Gasteiger charge is -2.25. The molecule has 0 aromatic heterocycles. The molecule has 0 saturated carbocycles. The number of nitrogens with two attached hydrogens (primary N) is 1. The number of nitrogen functional groups attached to an aromatic ring is 1.